The van der Waals surface area contributed by atoms with Gasteiger partial charge in [0.25, 0.3) is 0 Å². The second-order valence-electron chi connectivity index (χ2n) is 5.50. The van der Waals surface area contributed by atoms with E-state index in [0.29, 0.717) is 18.9 Å². The van der Waals surface area contributed by atoms with E-state index in [1.165, 1.54) is 11.1 Å². The maximum absolute atomic E-state index is 11.8. The third-order valence-electron chi connectivity index (χ3n) is 3.63. The van der Waals surface area contributed by atoms with E-state index in [4.69, 9.17) is 4.74 Å². The highest BCUT2D eigenvalue weighted by Crippen LogP contribution is 2.20. The number of carbonyl (C=O) groups excluding carboxylic acids is 1. The third-order valence-corrected chi connectivity index (χ3v) is 4.64. The maximum atomic E-state index is 11.8. The van der Waals surface area contributed by atoms with E-state index in [1.807, 2.05) is 31.2 Å². The Morgan fingerprint density at radius 2 is 1.83 bits per heavy atom. The molecular weight excluding hydrogens is 306 g/mol. The third kappa shape index (κ3) is 5.64. The summed E-state index contributed by atoms with van der Waals surface area (Å²) >= 11 is 1.54. The summed E-state index contributed by atoms with van der Waals surface area (Å²) < 4.78 is 5.72. The lowest BCUT2D eigenvalue weighted by molar-refractivity contribution is -0.118. The topological polar surface area (TPSA) is 38.3 Å². The summed E-state index contributed by atoms with van der Waals surface area (Å²) in [5.74, 6) is 1.33. The molecule has 122 valence electrons. The second kappa shape index (κ2) is 8.63. The molecule has 0 spiro atoms. The van der Waals surface area contributed by atoms with E-state index in [0.717, 1.165) is 16.2 Å². The molecule has 0 bridgehead atoms. The molecule has 0 saturated heterocycles. The van der Waals surface area contributed by atoms with Gasteiger partial charge in [-0.1, -0.05) is 29.8 Å². The Labute approximate surface area is 142 Å². The summed E-state index contributed by atoms with van der Waals surface area (Å²) in [4.78, 5) is 12.9. The van der Waals surface area contributed by atoms with Crippen LogP contribution in [0, 0.1) is 20.8 Å². The van der Waals surface area contributed by atoms with Crippen LogP contribution in [-0.4, -0.2) is 24.8 Å². The molecular formula is C19H23NO2S. The molecule has 2 rings (SSSR count). The van der Waals surface area contributed by atoms with Crippen LogP contribution in [0.25, 0.3) is 0 Å². The van der Waals surface area contributed by atoms with E-state index in [9.17, 15) is 4.79 Å². The maximum Gasteiger partial charge on any atom is 0.230 e. The van der Waals surface area contributed by atoms with Gasteiger partial charge in [0.05, 0.1) is 12.3 Å². The highest BCUT2D eigenvalue weighted by atomic mass is 32.2. The van der Waals surface area contributed by atoms with Crippen LogP contribution < -0.4 is 10.1 Å². The quantitative estimate of drug-likeness (QED) is 0.618. The molecule has 0 aliphatic rings. The van der Waals surface area contributed by atoms with Crippen LogP contribution in [0.2, 0.25) is 0 Å². The highest BCUT2D eigenvalue weighted by Gasteiger charge is 2.04. The van der Waals surface area contributed by atoms with Gasteiger partial charge in [-0.05, 0) is 50.1 Å². The molecule has 2 aromatic rings. The van der Waals surface area contributed by atoms with Crippen molar-refractivity contribution in [1.82, 2.24) is 5.32 Å². The summed E-state index contributed by atoms with van der Waals surface area (Å²) in [5, 5.41) is 2.88. The van der Waals surface area contributed by atoms with Crippen LogP contribution in [0.15, 0.2) is 47.4 Å². The zero-order valence-corrected chi connectivity index (χ0v) is 14.7. The Bertz CT molecular complexity index is 653. The summed E-state index contributed by atoms with van der Waals surface area (Å²) in [7, 11) is 0. The van der Waals surface area contributed by atoms with Crippen molar-refractivity contribution in [2.24, 2.45) is 0 Å². The van der Waals surface area contributed by atoms with Crippen molar-refractivity contribution >= 4 is 17.7 Å². The van der Waals surface area contributed by atoms with Gasteiger partial charge in [0.1, 0.15) is 12.4 Å². The normalized spacial score (nSPS) is 10.4. The molecule has 0 radical (unpaired) electrons. The number of nitrogens with one attached hydrogen (secondary N) is 1. The van der Waals surface area contributed by atoms with E-state index >= 15 is 0 Å². The van der Waals surface area contributed by atoms with Crippen molar-refractivity contribution in [3.8, 4) is 5.75 Å². The predicted octanol–water partition coefficient (Wildman–Crippen LogP) is 3.90. The van der Waals surface area contributed by atoms with Gasteiger partial charge in [0.2, 0.25) is 5.91 Å². The van der Waals surface area contributed by atoms with E-state index in [1.54, 1.807) is 11.8 Å². The first-order chi connectivity index (χ1) is 11.1. The minimum atomic E-state index is 0.0279. The fraction of sp³-hybridized carbons (Fsp3) is 0.316. The minimum absolute atomic E-state index is 0.0279. The van der Waals surface area contributed by atoms with Gasteiger partial charge in [-0.2, -0.15) is 0 Å². The molecule has 0 fully saturated rings. The zero-order chi connectivity index (χ0) is 16.7. The van der Waals surface area contributed by atoms with Crippen LogP contribution in [-0.2, 0) is 4.79 Å². The first kappa shape index (κ1) is 17.4. The summed E-state index contributed by atoms with van der Waals surface area (Å²) in [6.45, 7) is 7.15. The fourth-order valence-corrected chi connectivity index (χ4v) is 2.79. The van der Waals surface area contributed by atoms with Crippen molar-refractivity contribution in [1.29, 1.82) is 0 Å². The molecule has 23 heavy (non-hydrogen) atoms. The number of thioether (sulfide) groups is 1. The van der Waals surface area contributed by atoms with E-state index < -0.39 is 0 Å². The SMILES string of the molecule is Cc1ccc(SCC(=O)NCCOc2cccc(C)c2C)cc1. The fourth-order valence-electron chi connectivity index (χ4n) is 2.07. The number of hydrogen-bond acceptors (Lipinski definition) is 3. The van der Waals surface area contributed by atoms with Gasteiger partial charge in [-0.3, -0.25) is 4.79 Å². The van der Waals surface area contributed by atoms with E-state index in [-0.39, 0.29) is 5.91 Å². The van der Waals surface area contributed by atoms with Gasteiger partial charge in [0, 0.05) is 4.90 Å². The van der Waals surface area contributed by atoms with Crippen LogP contribution in [0.3, 0.4) is 0 Å². The number of carbonyl (C=O) groups is 1. The lowest BCUT2D eigenvalue weighted by Crippen LogP contribution is -2.29. The monoisotopic (exact) mass is 329 g/mol. The van der Waals surface area contributed by atoms with Crippen molar-refractivity contribution < 1.29 is 9.53 Å². The van der Waals surface area contributed by atoms with Crippen molar-refractivity contribution in [2.45, 2.75) is 25.7 Å². The Morgan fingerprint density at radius 3 is 2.57 bits per heavy atom. The van der Waals surface area contributed by atoms with Gasteiger partial charge in [-0.15, -0.1) is 11.8 Å². The molecule has 1 N–H and O–H groups in total. The van der Waals surface area contributed by atoms with Gasteiger partial charge in [0.15, 0.2) is 0 Å². The second-order valence-corrected chi connectivity index (χ2v) is 6.55. The Kier molecular flexibility index (Phi) is 6.53. The average Bonchev–Trinajstić information content (AvgIpc) is 2.55. The van der Waals surface area contributed by atoms with Gasteiger partial charge in [-0.25, -0.2) is 0 Å². The van der Waals surface area contributed by atoms with Crippen LogP contribution >= 0.6 is 11.8 Å². The molecule has 0 atom stereocenters. The summed E-state index contributed by atoms with van der Waals surface area (Å²) in [5.41, 5.74) is 3.58. The lowest BCUT2D eigenvalue weighted by atomic mass is 10.1. The van der Waals surface area contributed by atoms with Gasteiger partial charge >= 0.3 is 0 Å². The molecule has 0 aliphatic carbocycles. The lowest BCUT2D eigenvalue weighted by Gasteiger charge is -2.11. The number of ether oxygens (including phenoxy) is 1. The van der Waals surface area contributed by atoms with Crippen LogP contribution in [0.5, 0.6) is 5.75 Å². The molecule has 4 heteroatoms. The van der Waals surface area contributed by atoms with Crippen molar-refractivity contribution in [2.75, 3.05) is 18.9 Å². The Morgan fingerprint density at radius 1 is 1.09 bits per heavy atom. The molecule has 0 aromatic heterocycles. The minimum Gasteiger partial charge on any atom is -0.491 e. The molecule has 1 amide bonds. The van der Waals surface area contributed by atoms with Crippen LogP contribution in [0.4, 0.5) is 0 Å². The van der Waals surface area contributed by atoms with Crippen molar-refractivity contribution in [3.63, 3.8) is 0 Å². The van der Waals surface area contributed by atoms with E-state index in [2.05, 4.69) is 37.4 Å². The smallest absolute Gasteiger partial charge is 0.230 e. The predicted molar refractivity (Wildman–Crippen MR) is 96.3 cm³/mol. The molecule has 0 saturated carbocycles. The standard InChI is InChI=1S/C19H23NO2S/c1-14-7-9-17(10-8-14)23-13-19(21)20-11-12-22-18-6-4-5-15(2)16(18)3/h4-10H,11-13H2,1-3H3,(H,20,21). The number of hydrogen-bond donors (Lipinski definition) is 1. The number of aryl methyl sites for hydroxylation is 2. The zero-order valence-electron chi connectivity index (χ0n) is 13.9. The summed E-state index contributed by atoms with van der Waals surface area (Å²) in [6.07, 6.45) is 0. The first-order valence-corrected chi connectivity index (χ1v) is 8.70. The Balaban J connectivity index is 1.67. The largest absolute Gasteiger partial charge is 0.491 e. The molecule has 0 unspecified atom stereocenters. The molecule has 0 heterocycles. The molecule has 2 aromatic carbocycles. The molecule has 3 nitrogen and oxygen atoms in total. The average molecular weight is 329 g/mol. The number of rotatable bonds is 7. The Hall–Kier alpha value is -1.94. The molecule has 0 aliphatic heterocycles. The van der Waals surface area contributed by atoms with Crippen LogP contribution in [0.1, 0.15) is 16.7 Å². The first-order valence-electron chi connectivity index (χ1n) is 7.71. The summed E-state index contributed by atoms with van der Waals surface area (Å²) in [6, 6.07) is 14.2. The number of benzene rings is 2. The highest BCUT2D eigenvalue weighted by molar-refractivity contribution is 8.00. The van der Waals surface area contributed by atoms with Gasteiger partial charge < -0.3 is 10.1 Å². The van der Waals surface area contributed by atoms with Crippen molar-refractivity contribution in [3.05, 3.63) is 59.2 Å². The number of amides is 1.